The van der Waals surface area contributed by atoms with E-state index in [1.807, 2.05) is 0 Å². The van der Waals surface area contributed by atoms with Gasteiger partial charge >= 0.3 is 6.29 Å². The lowest BCUT2D eigenvalue weighted by Crippen LogP contribution is -2.51. The molecule has 0 amide bonds. The highest BCUT2D eigenvalue weighted by molar-refractivity contribution is 5.97. The zero-order valence-corrected chi connectivity index (χ0v) is 15.9. The maximum absolute atomic E-state index is 14.0. The van der Waals surface area contributed by atoms with Gasteiger partial charge in [0.15, 0.2) is 23.0 Å². The number of fused-ring (bicyclic) bond motifs is 5. The standard InChI is InChI=1S/C18H18F4N6O2/c1-9-17(19,20)6-2-7-27(9)8-5-12-24-15-10-3-4-11-14(30-18(21,22)29-11)13(10)25-16(23)28(15)26-12/h3-4,9H,2,5-8H2,1H3,(H2,23,25). The summed E-state index contributed by atoms with van der Waals surface area (Å²) in [6.45, 7) is 2.45. The molecule has 2 N–H and O–H groups in total. The Bertz CT molecular complexity index is 1150. The van der Waals surface area contributed by atoms with Crippen LogP contribution in [0.1, 0.15) is 25.6 Å². The molecule has 2 aliphatic rings. The van der Waals surface area contributed by atoms with Crippen molar-refractivity contribution in [2.45, 2.75) is 44.4 Å². The monoisotopic (exact) mass is 426 g/mol. The number of halogens is 4. The van der Waals surface area contributed by atoms with Crippen molar-refractivity contribution in [1.29, 1.82) is 0 Å². The van der Waals surface area contributed by atoms with Crippen LogP contribution in [0.2, 0.25) is 0 Å². The average molecular weight is 426 g/mol. The number of likely N-dealkylation sites (tertiary alicyclic amines) is 1. The van der Waals surface area contributed by atoms with Crippen LogP contribution in [0.15, 0.2) is 12.1 Å². The number of nitrogen functional groups attached to an aromatic ring is 1. The molecule has 1 aromatic carbocycles. The van der Waals surface area contributed by atoms with Gasteiger partial charge in [0.1, 0.15) is 5.52 Å². The van der Waals surface area contributed by atoms with Crippen molar-refractivity contribution in [2.24, 2.45) is 0 Å². The van der Waals surface area contributed by atoms with E-state index in [4.69, 9.17) is 5.73 Å². The van der Waals surface area contributed by atoms with Gasteiger partial charge in [-0.2, -0.15) is 4.52 Å². The van der Waals surface area contributed by atoms with Gasteiger partial charge in [-0.15, -0.1) is 13.9 Å². The first-order valence-electron chi connectivity index (χ1n) is 9.50. The van der Waals surface area contributed by atoms with E-state index in [-0.39, 0.29) is 29.4 Å². The van der Waals surface area contributed by atoms with Crippen LogP contribution >= 0.6 is 0 Å². The van der Waals surface area contributed by atoms with Gasteiger partial charge in [0.05, 0.1) is 6.04 Å². The van der Waals surface area contributed by atoms with E-state index in [0.29, 0.717) is 42.8 Å². The van der Waals surface area contributed by atoms with E-state index < -0.39 is 18.3 Å². The molecule has 4 heterocycles. The molecule has 160 valence electrons. The molecule has 2 aliphatic heterocycles. The van der Waals surface area contributed by atoms with Gasteiger partial charge in [-0.05, 0) is 32.0 Å². The highest BCUT2D eigenvalue weighted by Crippen LogP contribution is 2.45. The number of nitrogens with two attached hydrogens (primary N) is 1. The first kappa shape index (κ1) is 19.1. The summed E-state index contributed by atoms with van der Waals surface area (Å²) in [5.41, 5.74) is 6.34. The number of piperidine rings is 1. The molecule has 0 aliphatic carbocycles. The van der Waals surface area contributed by atoms with E-state index in [1.165, 1.54) is 23.6 Å². The van der Waals surface area contributed by atoms with Crippen molar-refractivity contribution in [3.8, 4) is 11.5 Å². The van der Waals surface area contributed by atoms with Gasteiger partial charge in [-0.1, -0.05) is 0 Å². The third-order valence-corrected chi connectivity index (χ3v) is 5.62. The van der Waals surface area contributed by atoms with Crippen LogP contribution in [0.4, 0.5) is 23.5 Å². The average Bonchev–Trinajstić information content (AvgIpc) is 3.23. The maximum atomic E-state index is 14.0. The van der Waals surface area contributed by atoms with Gasteiger partial charge in [-0.3, -0.25) is 4.90 Å². The topological polar surface area (TPSA) is 90.8 Å². The number of nitrogens with zero attached hydrogens (tertiary/aromatic N) is 5. The highest BCUT2D eigenvalue weighted by atomic mass is 19.3. The van der Waals surface area contributed by atoms with Crippen molar-refractivity contribution >= 4 is 22.5 Å². The van der Waals surface area contributed by atoms with Crippen molar-refractivity contribution in [3.63, 3.8) is 0 Å². The molecular weight excluding hydrogens is 408 g/mol. The SMILES string of the molecule is CC1N(CCc2nc3c4ccc5c(c4nc(N)n3n2)OC(F)(F)O5)CCCC1(F)F. The summed E-state index contributed by atoms with van der Waals surface area (Å²) >= 11 is 0. The molecule has 2 aromatic heterocycles. The quantitative estimate of drug-likeness (QED) is 0.644. The Morgan fingerprint density at radius 1 is 1.20 bits per heavy atom. The summed E-state index contributed by atoms with van der Waals surface area (Å²) in [6, 6.07) is 1.99. The van der Waals surface area contributed by atoms with E-state index >= 15 is 0 Å². The third kappa shape index (κ3) is 2.97. The van der Waals surface area contributed by atoms with Gasteiger partial charge in [0, 0.05) is 24.8 Å². The van der Waals surface area contributed by atoms with Crippen molar-refractivity contribution in [3.05, 3.63) is 18.0 Å². The fourth-order valence-electron chi connectivity index (χ4n) is 3.98. The predicted molar refractivity (Wildman–Crippen MR) is 97.8 cm³/mol. The predicted octanol–water partition coefficient (Wildman–Crippen LogP) is 2.84. The third-order valence-electron chi connectivity index (χ3n) is 5.62. The molecule has 0 bridgehead atoms. The first-order chi connectivity index (χ1) is 14.1. The molecule has 30 heavy (non-hydrogen) atoms. The minimum Gasteiger partial charge on any atom is -0.395 e. The lowest BCUT2D eigenvalue weighted by Gasteiger charge is -2.38. The Hall–Kier alpha value is -2.89. The largest absolute Gasteiger partial charge is 0.586 e. The molecular formula is C18H18F4N6O2. The van der Waals surface area contributed by atoms with Crippen LogP contribution in [-0.2, 0) is 6.42 Å². The summed E-state index contributed by atoms with van der Waals surface area (Å²) in [5, 5.41) is 4.72. The number of ether oxygens (including phenoxy) is 2. The number of hydrogen-bond acceptors (Lipinski definition) is 7. The maximum Gasteiger partial charge on any atom is 0.586 e. The Morgan fingerprint density at radius 2 is 2.00 bits per heavy atom. The molecule has 0 radical (unpaired) electrons. The van der Waals surface area contributed by atoms with Crippen LogP contribution in [-0.4, -0.2) is 55.8 Å². The van der Waals surface area contributed by atoms with E-state index in [2.05, 4.69) is 24.5 Å². The second-order valence-corrected chi connectivity index (χ2v) is 7.52. The summed E-state index contributed by atoms with van der Waals surface area (Å²) in [4.78, 5) is 10.3. The Morgan fingerprint density at radius 3 is 2.80 bits per heavy atom. The molecule has 1 unspecified atom stereocenters. The fourth-order valence-corrected chi connectivity index (χ4v) is 3.98. The molecule has 1 saturated heterocycles. The van der Waals surface area contributed by atoms with Crippen molar-refractivity contribution in [2.75, 3.05) is 18.8 Å². The Balaban J connectivity index is 1.47. The van der Waals surface area contributed by atoms with Crippen LogP contribution in [0.25, 0.3) is 16.6 Å². The summed E-state index contributed by atoms with van der Waals surface area (Å²) in [7, 11) is 0. The molecule has 1 atom stereocenters. The fraction of sp³-hybridized carbons (Fsp3) is 0.500. The minimum absolute atomic E-state index is 0.0682. The molecule has 1 fully saturated rings. The van der Waals surface area contributed by atoms with E-state index in [0.717, 1.165) is 0 Å². The minimum atomic E-state index is -3.79. The van der Waals surface area contributed by atoms with Crippen LogP contribution in [0, 0.1) is 0 Å². The Kier molecular flexibility index (Phi) is 4.01. The number of anilines is 1. The number of benzene rings is 1. The molecule has 0 saturated carbocycles. The van der Waals surface area contributed by atoms with Gasteiger partial charge in [0.25, 0.3) is 5.92 Å². The number of aromatic nitrogens is 4. The highest BCUT2D eigenvalue weighted by Gasteiger charge is 2.45. The lowest BCUT2D eigenvalue weighted by molar-refractivity contribution is -0.286. The van der Waals surface area contributed by atoms with Crippen LogP contribution in [0.5, 0.6) is 11.5 Å². The number of alkyl halides is 4. The molecule has 8 nitrogen and oxygen atoms in total. The molecule has 3 aromatic rings. The van der Waals surface area contributed by atoms with Gasteiger partial charge < -0.3 is 15.2 Å². The summed E-state index contributed by atoms with van der Waals surface area (Å²) < 4.78 is 65.1. The second-order valence-electron chi connectivity index (χ2n) is 7.52. The molecule has 12 heteroatoms. The number of hydrogen-bond donors (Lipinski definition) is 1. The van der Waals surface area contributed by atoms with Gasteiger partial charge in [-0.25, -0.2) is 18.7 Å². The summed E-state index contributed by atoms with van der Waals surface area (Å²) in [5.74, 6) is -2.77. The normalized spacial score (nSPS) is 22.8. The number of rotatable bonds is 3. The smallest absolute Gasteiger partial charge is 0.395 e. The van der Waals surface area contributed by atoms with Gasteiger partial charge in [0.2, 0.25) is 5.95 Å². The second kappa shape index (κ2) is 6.30. The van der Waals surface area contributed by atoms with Crippen LogP contribution in [0.3, 0.4) is 0 Å². The van der Waals surface area contributed by atoms with E-state index in [9.17, 15) is 17.6 Å². The molecule has 0 spiro atoms. The zero-order valence-electron chi connectivity index (χ0n) is 15.9. The van der Waals surface area contributed by atoms with Crippen molar-refractivity contribution in [1.82, 2.24) is 24.5 Å². The zero-order chi connectivity index (χ0) is 21.3. The summed E-state index contributed by atoms with van der Waals surface area (Å²) in [6.07, 6.45) is -3.15. The Labute approximate surface area is 167 Å². The first-order valence-corrected chi connectivity index (χ1v) is 9.50. The van der Waals surface area contributed by atoms with Crippen molar-refractivity contribution < 1.29 is 27.0 Å². The van der Waals surface area contributed by atoms with Crippen LogP contribution < -0.4 is 15.2 Å². The lowest BCUT2D eigenvalue weighted by atomic mass is 9.99. The molecule has 5 rings (SSSR count). The van der Waals surface area contributed by atoms with E-state index in [1.54, 1.807) is 4.90 Å².